The molecule has 142 valence electrons. The van der Waals surface area contributed by atoms with Crippen LogP contribution in [0.4, 0.5) is 5.69 Å². The van der Waals surface area contributed by atoms with E-state index in [1.54, 1.807) is 24.3 Å². The quantitative estimate of drug-likeness (QED) is 0.628. The van der Waals surface area contributed by atoms with E-state index in [0.29, 0.717) is 22.7 Å². The van der Waals surface area contributed by atoms with Crippen molar-refractivity contribution in [2.24, 2.45) is 0 Å². The molecule has 0 spiro atoms. The van der Waals surface area contributed by atoms with Gasteiger partial charge in [0.2, 0.25) is 0 Å². The first-order valence-electron chi connectivity index (χ1n) is 9.02. The van der Waals surface area contributed by atoms with Crippen LogP contribution < -0.4 is 10.6 Å². The molecule has 0 heterocycles. The zero-order valence-electron chi connectivity index (χ0n) is 15.5. The molecule has 0 unspecified atom stereocenters. The normalized spacial score (nSPS) is 10.4. The summed E-state index contributed by atoms with van der Waals surface area (Å²) in [5.74, 6) is -0.371. The molecule has 5 heteroatoms. The van der Waals surface area contributed by atoms with E-state index in [-0.39, 0.29) is 11.8 Å². The number of hydrogen-bond acceptors (Lipinski definition) is 2. The van der Waals surface area contributed by atoms with Crippen LogP contribution in [0.3, 0.4) is 0 Å². The van der Waals surface area contributed by atoms with Gasteiger partial charge in [-0.1, -0.05) is 41.9 Å². The second kappa shape index (κ2) is 9.20. The van der Waals surface area contributed by atoms with E-state index in [4.69, 9.17) is 11.6 Å². The first kappa shape index (κ1) is 19.6. The van der Waals surface area contributed by atoms with Gasteiger partial charge in [0.1, 0.15) is 0 Å². The van der Waals surface area contributed by atoms with Crippen LogP contribution in [0.2, 0.25) is 5.02 Å². The summed E-state index contributed by atoms with van der Waals surface area (Å²) in [6.07, 6.45) is 0.722. The topological polar surface area (TPSA) is 58.2 Å². The van der Waals surface area contributed by atoms with Gasteiger partial charge in [-0.3, -0.25) is 9.59 Å². The van der Waals surface area contributed by atoms with Gasteiger partial charge in [-0.15, -0.1) is 0 Å². The highest BCUT2D eigenvalue weighted by Gasteiger charge is 2.10. The number of amides is 2. The smallest absolute Gasteiger partial charge is 0.255 e. The molecule has 0 aliphatic carbocycles. The van der Waals surface area contributed by atoms with E-state index >= 15 is 0 Å². The summed E-state index contributed by atoms with van der Waals surface area (Å²) in [4.78, 5) is 24.7. The van der Waals surface area contributed by atoms with Gasteiger partial charge in [-0.25, -0.2) is 0 Å². The minimum Gasteiger partial charge on any atom is -0.352 e. The number of nitrogens with one attached hydrogen (secondary N) is 2. The summed E-state index contributed by atoms with van der Waals surface area (Å²) >= 11 is 5.87. The standard InChI is InChI=1S/C23H21ClN2O2/c1-16-4-2-3-5-21(16)26-23(28)19-10-8-18(9-11-19)22(27)25-15-14-17-6-12-20(24)13-7-17/h2-13H,14-15H2,1H3,(H,25,27)(H,26,28). The molecule has 0 saturated heterocycles. The summed E-state index contributed by atoms with van der Waals surface area (Å²) in [6.45, 7) is 2.46. The number of carbonyl (C=O) groups is 2. The highest BCUT2D eigenvalue weighted by molar-refractivity contribution is 6.30. The number of halogens is 1. The fourth-order valence-electron chi connectivity index (χ4n) is 2.75. The fourth-order valence-corrected chi connectivity index (χ4v) is 2.88. The number of aryl methyl sites for hydroxylation is 1. The van der Waals surface area contributed by atoms with Crippen molar-refractivity contribution in [2.75, 3.05) is 11.9 Å². The zero-order chi connectivity index (χ0) is 19.9. The lowest BCUT2D eigenvalue weighted by molar-refractivity contribution is 0.0952. The van der Waals surface area contributed by atoms with E-state index in [0.717, 1.165) is 23.2 Å². The molecule has 2 amide bonds. The minimum atomic E-state index is -0.205. The molecule has 3 aromatic carbocycles. The van der Waals surface area contributed by atoms with Crippen LogP contribution in [0.15, 0.2) is 72.8 Å². The Hall–Kier alpha value is -3.11. The van der Waals surface area contributed by atoms with Gasteiger partial charge in [-0.05, 0) is 66.9 Å². The predicted molar refractivity (Wildman–Crippen MR) is 113 cm³/mol. The number of carbonyl (C=O) groups excluding carboxylic acids is 2. The number of anilines is 1. The molecule has 0 atom stereocenters. The summed E-state index contributed by atoms with van der Waals surface area (Å²) in [6, 6.07) is 21.8. The fraction of sp³-hybridized carbons (Fsp3) is 0.130. The maximum Gasteiger partial charge on any atom is 0.255 e. The molecule has 2 N–H and O–H groups in total. The molecule has 0 aliphatic rings. The Labute approximate surface area is 169 Å². The molecular weight excluding hydrogens is 372 g/mol. The van der Waals surface area contributed by atoms with Gasteiger partial charge >= 0.3 is 0 Å². The van der Waals surface area contributed by atoms with Crippen molar-refractivity contribution in [1.29, 1.82) is 0 Å². The molecule has 3 aromatic rings. The van der Waals surface area contributed by atoms with E-state index in [2.05, 4.69) is 10.6 Å². The number of rotatable bonds is 6. The highest BCUT2D eigenvalue weighted by atomic mass is 35.5. The van der Waals surface area contributed by atoms with E-state index in [9.17, 15) is 9.59 Å². The van der Waals surface area contributed by atoms with Gasteiger partial charge in [0, 0.05) is 28.4 Å². The van der Waals surface area contributed by atoms with Crippen molar-refractivity contribution in [1.82, 2.24) is 5.32 Å². The SMILES string of the molecule is Cc1ccccc1NC(=O)c1ccc(C(=O)NCCc2ccc(Cl)cc2)cc1. The van der Waals surface area contributed by atoms with Gasteiger partial charge in [0.05, 0.1) is 0 Å². The van der Waals surface area contributed by atoms with Gasteiger partial charge in [-0.2, -0.15) is 0 Å². The molecule has 28 heavy (non-hydrogen) atoms. The van der Waals surface area contributed by atoms with Crippen molar-refractivity contribution in [2.45, 2.75) is 13.3 Å². The molecule has 0 radical (unpaired) electrons. The minimum absolute atomic E-state index is 0.167. The summed E-state index contributed by atoms with van der Waals surface area (Å²) < 4.78 is 0. The summed E-state index contributed by atoms with van der Waals surface area (Å²) in [7, 11) is 0. The van der Waals surface area contributed by atoms with Crippen molar-refractivity contribution in [3.05, 3.63) is 100 Å². The summed E-state index contributed by atoms with van der Waals surface area (Å²) in [5, 5.41) is 6.46. The lowest BCUT2D eigenvalue weighted by Gasteiger charge is -2.09. The van der Waals surface area contributed by atoms with Gasteiger partial charge in [0.15, 0.2) is 0 Å². The molecular formula is C23H21ClN2O2. The predicted octanol–water partition coefficient (Wildman–Crippen LogP) is 4.87. The third-order valence-electron chi connectivity index (χ3n) is 4.42. The second-order valence-corrected chi connectivity index (χ2v) is 6.92. The average molecular weight is 393 g/mol. The Balaban J connectivity index is 1.54. The molecule has 0 bridgehead atoms. The zero-order valence-corrected chi connectivity index (χ0v) is 16.3. The van der Waals surface area contributed by atoms with Gasteiger partial charge < -0.3 is 10.6 Å². The molecule has 0 aromatic heterocycles. The first-order chi connectivity index (χ1) is 13.5. The van der Waals surface area contributed by atoms with Crippen molar-refractivity contribution in [3.8, 4) is 0 Å². The Morgan fingerprint density at radius 1 is 0.821 bits per heavy atom. The van der Waals surface area contributed by atoms with E-state index in [1.165, 1.54) is 0 Å². The highest BCUT2D eigenvalue weighted by Crippen LogP contribution is 2.15. The maximum absolute atomic E-state index is 12.4. The van der Waals surface area contributed by atoms with Gasteiger partial charge in [0.25, 0.3) is 11.8 Å². The van der Waals surface area contributed by atoms with Crippen LogP contribution >= 0.6 is 11.6 Å². The molecule has 0 aliphatic heterocycles. The molecule has 0 fully saturated rings. The van der Waals surface area contributed by atoms with Crippen LogP contribution in [0.1, 0.15) is 31.8 Å². The summed E-state index contributed by atoms with van der Waals surface area (Å²) in [5.41, 5.74) is 3.89. The van der Waals surface area contributed by atoms with Crippen LogP contribution in [0.5, 0.6) is 0 Å². The van der Waals surface area contributed by atoms with E-state index < -0.39 is 0 Å². The third-order valence-corrected chi connectivity index (χ3v) is 4.67. The third kappa shape index (κ3) is 5.21. The lowest BCUT2D eigenvalue weighted by atomic mass is 10.1. The first-order valence-corrected chi connectivity index (χ1v) is 9.40. The van der Waals surface area contributed by atoms with Crippen LogP contribution in [0, 0.1) is 6.92 Å². The number of hydrogen-bond donors (Lipinski definition) is 2. The Morgan fingerprint density at radius 3 is 2.07 bits per heavy atom. The van der Waals surface area contributed by atoms with E-state index in [1.807, 2.05) is 55.5 Å². The van der Waals surface area contributed by atoms with Crippen LogP contribution in [0.25, 0.3) is 0 Å². The lowest BCUT2D eigenvalue weighted by Crippen LogP contribution is -2.25. The number of benzene rings is 3. The Kier molecular flexibility index (Phi) is 6.45. The Morgan fingerprint density at radius 2 is 1.43 bits per heavy atom. The van der Waals surface area contributed by atoms with Crippen LogP contribution in [-0.2, 0) is 6.42 Å². The number of para-hydroxylation sites is 1. The van der Waals surface area contributed by atoms with Crippen molar-refractivity contribution < 1.29 is 9.59 Å². The van der Waals surface area contributed by atoms with Crippen LogP contribution in [-0.4, -0.2) is 18.4 Å². The monoisotopic (exact) mass is 392 g/mol. The van der Waals surface area contributed by atoms with Crippen molar-refractivity contribution >= 4 is 29.1 Å². The average Bonchev–Trinajstić information content (AvgIpc) is 2.71. The maximum atomic E-state index is 12.4. The molecule has 3 rings (SSSR count). The molecule has 0 saturated carbocycles. The largest absolute Gasteiger partial charge is 0.352 e. The molecule has 4 nitrogen and oxygen atoms in total. The van der Waals surface area contributed by atoms with Crippen molar-refractivity contribution in [3.63, 3.8) is 0 Å². The Bertz CT molecular complexity index is 967. The second-order valence-electron chi connectivity index (χ2n) is 6.48.